The fourth-order valence-electron chi connectivity index (χ4n) is 2.86. The fourth-order valence-corrected chi connectivity index (χ4v) is 3.20. The lowest BCUT2D eigenvalue weighted by Crippen LogP contribution is -2.32. The molecular formula is C25H21Cl2N3O6. The van der Waals surface area contributed by atoms with Gasteiger partial charge >= 0.3 is 17.8 Å². The molecule has 0 saturated carbocycles. The number of ether oxygens (including phenoxy) is 3. The summed E-state index contributed by atoms with van der Waals surface area (Å²) >= 11 is 11.9. The van der Waals surface area contributed by atoms with E-state index in [9.17, 15) is 14.4 Å². The molecule has 0 bridgehead atoms. The van der Waals surface area contributed by atoms with Crippen molar-refractivity contribution in [1.82, 2.24) is 5.43 Å². The van der Waals surface area contributed by atoms with Crippen LogP contribution in [-0.2, 0) is 9.59 Å². The highest BCUT2D eigenvalue weighted by molar-refractivity contribution is 6.45. The van der Waals surface area contributed by atoms with Crippen molar-refractivity contribution in [2.75, 3.05) is 19.0 Å². The lowest BCUT2D eigenvalue weighted by Gasteiger charge is -2.10. The number of methoxy groups -OCH3 is 1. The van der Waals surface area contributed by atoms with Gasteiger partial charge in [-0.25, -0.2) is 10.2 Å². The van der Waals surface area contributed by atoms with Crippen LogP contribution < -0.4 is 25.0 Å². The molecule has 0 spiro atoms. The van der Waals surface area contributed by atoms with Crippen LogP contribution in [0.2, 0.25) is 10.0 Å². The Hall–Kier alpha value is -4.08. The molecule has 0 aromatic heterocycles. The van der Waals surface area contributed by atoms with Gasteiger partial charge in [0.1, 0.15) is 5.75 Å². The molecule has 0 aliphatic carbocycles. The third-order valence-electron chi connectivity index (χ3n) is 4.58. The van der Waals surface area contributed by atoms with E-state index in [2.05, 4.69) is 15.8 Å². The van der Waals surface area contributed by atoms with Crippen molar-refractivity contribution in [2.45, 2.75) is 6.92 Å². The zero-order chi connectivity index (χ0) is 26.1. The van der Waals surface area contributed by atoms with Gasteiger partial charge < -0.3 is 19.5 Å². The third kappa shape index (κ3) is 6.97. The molecule has 0 radical (unpaired) electrons. The first-order valence-corrected chi connectivity index (χ1v) is 11.3. The van der Waals surface area contributed by atoms with Crippen molar-refractivity contribution in [1.29, 1.82) is 0 Å². The van der Waals surface area contributed by atoms with E-state index >= 15 is 0 Å². The van der Waals surface area contributed by atoms with Crippen LogP contribution in [-0.4, -0.2) is 37.7 Å². The number of hydrazone groups is 1. The Morgan fingerprint density at radius 3 is 2.42 bits per heavy atom. The van der Waals surface area contributed by atoms with Gasteiger partial charge in [-0.05, 0) is 67.1 Å². The minimum Gasteiger partial charge on any atom is -0.494 e. The first kappa shape index (κ1) is 26.5. The zero-order valence-corrected chi connectivity index (χ0v) is 20.7. The summed E-state index contributed by atoms with van der Waals surface area (Å²) < 4.78 is 16.1. The number of amides is 2. The third-order valence-corrected chi connectivity index (χ3v) is 5.40. The molecule has 186 valence electrons. The van der Waals surface area contributed by atoms with E-state index in [1.807, 2.05) is 6.92 Å². The lowest BCUT2D eigenvalue weighted by molar-refractivity contribution is -0.136. The van der Waals surface area contributed by atoms with Crippen molar-refractivity contribution >= 4 is 52.9 Å². The average molecular weight is 530 g/mol. The molecule has 0 atom stereocenters. The van der Waals surface area contributed by atoms with Gasteiger partial charge in [-0.1, -0.05) is 29.3 Å². The zero-order valence-electron chi connectivity index (χ0n) is 19.2. The molecule has 0 heterocycles. The molecule has 0 aliphatic heterocycles. The Balaban J connectivity index is 1.60. The van der Waals surface area contributed by atoms with Gasteiger partial charge in [0.2, 0.25) is 0 Å². The van der Waals surface area contributed by atoms with Crippen LogP contribution in [0.3, 0.4) is 0 Å². The Bertz CT molecular complexity index is 1300. The monoisotopic (exact) mass is 529 g/mol. The van der Waals surface area contributed by atoms with Crippen LogP contribution >= 0.6 is 23.2 Å². The Labute approximate surface area is 216 Å². The highest BCUT2D eigenvalue weighted by atomic mass is 35.5. The minimum absolute atomic E-state index is 0.110. The number of rotatable bonds is 8. The summed E-state index contributed by atoms with van der Waals surface area (Å²) in [5.74, 6) is -1.47. The highest BCUT2D eigenvalue weighted by Gasteiger charge is 2.16. The summed E-state index contributed by atoms with van der Waals surface area (Å²) in [4.78, 5) is 36.6. The number of esters is 1. The lowest BCUT2D eigenvalue weighted by atomic mass is 10.2. The fraction of sp³-hybridized carbons (Fsp3) is 0.120. The van der Waals surface area contributed by atoms with Crippen LogP contribution in [0.25, 0.3) is 0 Å². The number of carbonyl (C=O) groups is 3. The predicted molar refractivity (Wildman–Crippen MR) is 136 cm³/mol. The molecule has 0 aliphatic rings. The Morgan fingerprint density at radius 2 is 1.72 bits per heavy atom. The van der Waals surface area contributed by atoms with Crippen LogP contribution in [0, 0.1) is 0 Å². The summed E-state index contributed by atoms with van der Waals surface area (Å²) in [5, 5.41) is 6.45. The standard InChI is InChI=1S/C25H21Cl2N3O6/c1-3-35-17-10-8-16(9-11-17)25(33)36-20-12-7-15(13-21(20)34-2)14-28-30-24(32)23(31)29-19-6-4-5-18(26)22(19)27/h4-14H,3H2,1-2H3,(H,29,31)(H,30,32). The largest absolute Gasteiger partial charge is 0.494 e. The van der Waals surface area contributed by atoms with Crippen molar-refractivity contribution < 1.29 is 28.6 Å². The molecule has 0 saturated heterocycles. The van der Waals surface area contributed by atoms with Crippen LogP contribution in [0.5, 0.6) is 17.2 Å². The number of nitrogens with one attached hydrogen (secondary N) is 2. The molecule has 2 amide bonds. The van der Waals surface area contributed by atoms with Crippen molar-refractivity contribution in [3.05, 3.63) is 81.8 Å². The molecule has 0 unspecified atom stereocenters. The summed E-state index contributed by atoms with van der Waals surface area (Å²) in [6.07, 6.45) is 1.29. The maximum absolute atomic E-state index is 12.5. The number of carbonyl (C=O) groups excluding carboxylic acids is 3. The Kier molecular flexibility index (Phi) is 9.26. The van der Waals surface area contributed by atoms with Gasteiger partial charge in [0.25, 0.3) is 0 Å². The van der Waals surface area contributed by atoms with E-state index in [0.29, 0.717) is 23.5 Å². The van der Waals surface area contributed by atoms with E-state index in [0.717, 1.165) is 0 Å². The summed E-state index contributed by atoms with van der Waals surface area (Å²) in [6, 6.07) is 15.8. The second kappa shape index (κ2) is 12.6. The normalized spacial score (nSPS) is 10.6. The van der Waals surface area contributed by atoms with Gasteiger partial charge in [0.05, 0.1) is 41.2 Å². The number of hydrogen-bond donors (Lipinski definition) is 2. The number of hydrogen-bond acceptors (Lipinski definition) is 7. The quantitative estimate of drug-likeness (QED) is 0.143. The van der Waals surface area contributed by atoms with Crippen molar-refractivity contribution in [3.63, 3.8) is 0 Å². The van der Waals surface area contributed by atoms with E-state index in [1.54, 1.807) is 48.5 Å². The topological polar surface area (TPSA) is 115 Å². The second-order valence-corrected chi connectivity index (χ2v) is 7.80. The number of halogens is 2. The van der Waals surface area contributed by atoms with Gasteiger partial charge in [0, 0.05) is 0 Å². The van der Waals surface area contributed by atoms with Crippen molar-refractivity contribution in [3.8, 4) is 17.2 Å². The predicted octanol–water partition coefficient (Wildman–Crippen LogP) is 4.71. The highest BCUT2D eigenvalue weighted by Crippen LogP contribution is 2.30. The SMILES string of the molecule is CCOc1ccc(C(=O)Oc2ccc(C=NNC(=O)C(=O)Nc3cccc(Cl)c3Cl)cc2OC)cc1. The van der Waals surface area contributed by atoms with E-state index in [-0.39, 0.29) is 27.2 Å². The maximum atomic E-state index is 12.5. The maximum Gasteiger partial charge on any atom is 0.343 e. The molecule has 3 rings (SSSR count). The summed E-state index contributed by atoms with van der Waals surface area (Å²) in [5.41, 5.74) is 3.14. The molecule has 2 N–H and O–H groups in total. The van der Waals surface area contributed by atoms with Crippen LogP contribution in [0.15, 0.2) is 65.8 Å². The van der Waals surface area contributed by atoms with Crippen LogP contribution in [0.1, 0.15) is 22.8 Å². The molecule has 3 aromatic rings. The number of benzene rings is 3. The van der Waals surface area contributed by atoms with Crippen LogP contribution in [0.4, 0.5) is 5.69 Å². The molecular weight excluding hydrogens is 509 g/mol. The van der Waals surface area contributed by atoms with Gasteiger partial charge in [0.15, 0.2) is 11.5 Å². The molecule has 0 fully saturated rings. The Morgan fingerprint density at radius 1 is 0.972 bits per heavy atom. The molecule has 11 heteroatoms. The minimum atomic E-state index is -1.02. The summed E-state index contributed by atoms with van der Waals surface area (Å²) in [6.45, 7) is 2.39. The molecule has 3 aromatic carbocycles. The van der Waals surface area contributed by atoms with Gasteiger partial charge in [-0.2, -0.15) is 5.10 Å². The smallest absolute Gasteiger partial charge is 0.343 e. The van der Waals surface area contributed by atoms with E-state index in [4.69, 9.17) is 37.4 Å². The first-order chi connectivity index (χ1) is 17.3. The van der Waals surface area contributed by atoms with Crippen molar-refractivity contribution in [2.24, 2.45) is 5.10 Å². The second-order valence-electron chi connectivity index (χ2n) is 7.01. The number of nitrogens with zero attached hydrogens (tertiary/aromatic N) is 1. The average Bonchev–Trinajstić information content (AvgIpc) is 2.88. The summed E-state index contributed by atoms with van der Waals surface area (Å²) in [7, 11) is 1.41. The first-order valence-electron chi connectivity index (χ1n) is 10.5. The van der Waals surface area contributed by atoms with Gasteiger partial charge in [-0.15, -0.1) is 0 Å². The van der Waals surface area contributed by atoms with E-state index < -0.39 is 17.8 Å². The van der Waals surface area contributed by atoms with E-state index in [1.165, 1.54) is 25.5 Å². The molecule has 9 nitrogen and oxygen atoms in total. The number of anilines is 1. The molecule has 36 heavy (non-hydrogen) atoms. The van der Waals surface area contributed by atoms with Gasteiger partial charge in [-0.3, -0.25) is 9.59 Å².